The molecule has 0 amide bonds. The zero-order valence-corrected chi connectivity index (χ0v) is 12.9. The fourth-order valence-electron chi connectivity index (χ4n) is 3.42. The van der Waals surface area contributed by atoms with Gasteiger partial charge in [-0.2, -0.15) is 0 Å². The molecule has 3 aromatic rings. The van der Waals surface area contributed by atoms with Gasteiger partial charge in [0.05, 0.1) is 5.56 Å². The van der Waals surface area contributed by atoms with E-state index in [0.29, 0.717) is 6.04 Å². The third-order valence-electron chi connectivity index (χ3n) is 4.68. The third kappa shape index (κ3) is 2.44. The predicted molar refractivity (Wildman–Crippen MR) is 87.8 cm³/mol. The molecule has 0 saturated carbocycles. The first-order chi connectivity index (χ1) is 10.8. The van der Waals surface area contributed by atoms with Crippen LogP contribution in [0.2, 0.25) is 0 Å². The lowest BCUT2D eigenvalue weighted by Crippen LogP contribution is -2.28. The van der Waals surface area contributed by atoms with Gasteiger partial charge in [-0.25, -0.2) is 4.98 Å². The van der Waals surface area contributed by atoms with Crippen LogP contribution in [0.5, 0.6) is 0 Å². The molecule has 1 aromatic carbocycles. The van der Waals surface area contributed by atoms with Crippen molar-refractivity contribution >= 4 is 11.0 Å². The second kappa shape index (κ2) is 5.61. The first-order valence-electron chi connectivity index (χ1n) is 8.06. The van der Waals surface area contributed by atoms with Crippen LogP contribution in [0.25, 0.3) is 22.4 Å². The maximum absolute atomic E-state index is 6.13. The summed E-state index contributed by atoms with van der Waals surface area (Å²) < 4.78 is 6.13. The number of nitrogens with one attached hydrogen (secondary N) is 1. The van der Waals surface area contributed by atoms with E-state index in [2.05, 4.69) is 46.1 Å². The van der Waals surface area contributed by atoms with E-state index >= 15 is 0 Å². The van der Waals surface area contributed by atoms with Crippen LogP contribution in [0.15, 0.2) is 41.1 Å². The van der Waals surface area contributed by atoms with E-state index in [1.807, 2.05) is 6.20 Å². The molecular weight excluding hydrogens is 274 g/mol. The van der Waals surface area contributed by atoms with Crippen molar-refractivity contribution in [1.29, 1.82) is 0 Å². The van der Waals surface area contributed by atoms with Crippen LogP contribution in [-0.4, -0.2) is 34.0 Å². The first-order valence-corrected chi connectivity index (χ1v) is 8.06. The second-order valence-corrected chi connectivity index (χ2v) is 6.15. The third-order valence-corrected chi connectivity index (χ3v) is 4.68. The highest BCUT2D eigenvalue weighted by molar-refractivity contribution is 5.91. The normalized spacial score (nSPS) is 19.2. The number of hydrogen-bond donors (Lipinski definition) is 1. The number of nitrogens with zero attached hydrogens (tertiary/aromatic N) is 2. The van der Waals surface area contributed by atoms with Gasteiger partial charge in [-0.15, -0.1) is 0 Å². The molecule has 4 heteroatoms. The topological polar surface area (TPSA) is 45.1 Å². The number of rotatable bonds is 4. The molecule has 3 heterocycles. The summed E-state index contributed by atoms with van der Waals surface area (Å²) in [6.45, 7) is 4.62. The van der Waals surface area contributed by atoms with E-state index in [4.69, 9.17) is 4.42 Å². The molecule has 1 aliphatic rings. The molecule has 1 aliphatic heterocycles. The molecule has 0 bridgehead atoms. The molecular formula is C18H21N3O. The highest BCUT2D eigenvalue weighted by Gasteiger charge is 2.20. The summed E-state index contributed by atoms with van der Waals surface area (Å²) in [7, 11) is 0. The number of likely N-dealkylation sites (tertiary alicyclic amines) is 1. The summed E-state index contributed by atoms with van der Waals surface area (Å²) in [5.41, 5.74) is 1.96. The van der Waals surface area contributed by atoms with Crippen molar-refractivity contribution in [3.63, 3.8) is 0 Å². The number of aromatic nitrogens is 2. The van der Waals surface area contributed by atoms with E-state index in [9.17, 15) is 0 Å². The molecule has 114 valence electrons. The molecule has 0 spiro atoms. The second-order valence-electron chi connectivity index (χ2n) is 6.15. The minimum atomic E-state index is 0.711. The lowest BCUT2D eigenvalue weighted by atomic mass is 10.1. The van der Waals surface area contributed by atoms with E-state index in [1.54, 1.807) is 6.20 Å². The number of imidazole rings is 1. The lowest BCUT2D eigenvalue weighted by molar-refractivity contribution is 0.266. The van der Waals surface area contributed by atoms with Gasteiger partial charge in [0.1, 0.15) is 17.2 Å². The quantitative estimate of drug-likeness (QED) is 0.795. The van der Waals surface area contributed by atoms with Gasteiger partial charge < -0.3 is 14.3 Å². The van der Waals surface area contributed by atoms with Crippen molar-refractivity contribution in [2.75, 3.05) is 13.1 Å². The molecule has 0 unspecified atom stereocenters. The van der Waals surface area contributed by atoms with Crippen molar-refractivity contribution < 1.29 is 4.42 Å². The fraction of sp³-hybridized carbons (Fsp3) is 0.389. The average Bonchev–Trinajstić information content (AvgIpc) is 3.25. The highest BCUT2D eigenvalue weighted by atomic mass is 16.3. The molecule has 22 heavy (non-hydrogen) atoms. The summed E-state index contributed by atoms with van der Waals surface area (Å²) in [5, 5.41) is 1.15. The largest absolute Gasteiger partial charge is 0.460 e. The Bertz CT molecular complexity index is 760. The monoisotopic (exact) mass is 295 g/mol. The smallest absolute Gasteiger partial charge is 0.145 e. The van der Waals surface area contributed by atoms with Crippen molar-refractivity contribution in [3.05, 3.63) is 42.4 Å². The van der Waals surface area contributed by atoms with Crippen LogP contribution in [0, 0.1) is 0 Å². The molecule has 1 N–H and O–H groups in total. The minimum absolute atomic E-state index is 0.711. The lowest BCUT2D eigenvalue weighted by Gasteiger charge is -2.19. The van der Waals surface area contributed by atoms with Crippen molar-refractivity contribution in [3.8, 4) is 11.4 Å². The maximum Gasteiger partial charge on any atom is 0.145 e. The first kappa shape index (κ1) is 13.6. The Morgan fingerprint density at radius 1 is 1.41 bits per heavy atom. The number of H-pyrrole nitrogens is 1. The molecule has 1 fully saturated rings. The number of furan rings is 1. The van der Waals surface area contributed by atoms with Crippen molar-refractivity contribution in [1.82, 2.24) is 14.9 Å². The summed E-state index contributed by atoms with van der Waals surface area (Å²) >= 11 is 0. The number of fused-ring (bicyclic) bond motifs is 1. The number of para-hydroxylation sites is 1. The fourth-order valence-corrected chi connectivity index (χ4v) is 3.42. The Labute approximate surface area is 130 Å². The number of hydrogen-bond acceptors (Lipinski definition) is 3. The Balaban J connectivity index is 1.59. The Morgan fingerprint density at radius 2 is 2.36 bits per heavy atom. The summed E-state index contributed by atoms with van der Waals surface area (Å²) in [6, 6.07) is 9.09. The van der Waals surface area contributed by atoms with Gasteiger partial charge in [0.25, 0.3) is 0 Å². The Kier molecular flexibility index (Phi) is 3.47. The van der Waals surface area contributed by atoms with Crippen LogP contribution >= 0.6 is 0 Å². The van der Waals surface area contributed by atoms with Gasteiger partial charge in [-0.05, 0) is 38.4 Å². The van der Waals surface area contributed by atoms with Crippen LogP contribution < -0.4 is 0 Å². The van der Waals surface area contributed by atoms with E-state index in [0.717, 1.165) is 41.1 Å². The molecule has 2 aromatic heterocycles. The molecule has 0 aliphatic carbocycles. The van der Waals surface area contributed by atoms with Crippen LogP contribution in [-0.2, 0) is 6.42 Å². The summed E-state index contributed by atoms with van der Waals surface area (Å²) in [5.74, 6) is 1.92. The summed E-state index contributed by atoms with van der Waals surface area (Å²) in [6.07, 6.45) is 7.23. The van der Waals surface area contributed by atoms with Gasteiger partial charge in [0.2, 0.25) is 0 Å². The SMILES string of the molecule is C[C@@H]1CCCN1CCc1cc2cccc(-c3ncc[nH]3)c2o1. The number of aromatic amines is 1. The average molecular weight is 295 g/mol. The van der Waals surface area contributed by atoms with Crippen LogP contribution in [0.3, 0.4) is 0 Å². The Hall–Kier alpha value is -2.07. The van der Waals surface area contributed by atoms with Gasteiger partial charge in [-0.1, -0.05) is 12.1 Å². The standard InChI is InChI=1S/C18H21N3O/c1-13-4-3-10-21(13)11-7-15-12-14-5-2-6-16(17(14)22-15)18-19-8-9-20-18/h2,5-6,8-9,12-13H,3-4,7,10-11H2,1H3,(H,19,20)/t13-/m1/s1. The van der Waals surface area contributed by atoms with Gasteiger partial charge in [-0.3, -0.25) is 0 Å². The molecule has 1 saturated heterocycles. The molecule has 4 rings (SSSR count). The van der Waals surface area contributed by atoms with E-state index in [-0.39, 0.29) is 0 Å². The highest BCUT2D eigenvalue weighted by Crippen LogP contribution is 2.29. The number of benzene rings is 1. The maximum atomic E-state index is 6.13. The minimum Gasteiger partial charge on any atom is -0.460 e. The summed E-state index contributed by atoms with van der Waals surface area (Å²) in [4.78, 5) is 10.1. The zero-order valence-electron chi connectivity index (χ0n) is 12.9. The van der Waals surface area contributed by atoms with E-state index in [1.165, 1.54) is 19.4 Å². The van der Waals surface area contributed by atoms with E-state index < -0.39 is 0 Å². The predicted octanol–water partition coefficient (Wildman–Crippen LogP) is 3.85. The van der Waals surface area contributed by atoms with Crippen LogP contribution in [0.1, 0.15) is 25.5 Å². The van der Waals surface area contributed by atoms with Crippen LogP contribution in [0.4, 0.5) is 0 Å². The van der Waals surface area contributed by atoms with Gasteiger partial charge in [0, 0.05) is 36.8 Å². The molecule has 1 atom stereocenters. The molecule has 4 nitrogen and oxygen atoms in total. The van der Waals surface area contributed by atoms with Crippen molar-refractivity contribution in [2.24, 2.45) is 0 Å². The van der Waals surface area contributed by atoms with Gasteiger partial charge in [0.15, 0.2) is 0 Å². The zero-order chi connectivity index (χ0) is 14.9. The Morgan fingerprint density at radius 3 is 3.14 bits per heavy atom. The molecule has 0 radical (unpaired) electrons. The van der Waals surface area contributed by atoms with Gasteiger partial charge >= 0.3 is 0 Å². The van der Waals surface area contributed by atoms with Crippen molar-refractivity contribution in [2.45, 2.75) is 32.2 Å².